The van der Waals surface area contributed by atoms with Crippen LogP contribution in [0.15, 0.2) is 33.2 Å². The number of nitrogens with zero attached hydrogens (tertiary/aromatic N) is 1. The van der Waals surface area contributed by atoms with Gasteiger partial charge >= 0.3 is 5.97 Å². The summed E-state index contributed by atoms with van der Waals surface area (Å²) in [4.78, 5) is 24.4. The molecule has 0 aliphatic heterocycles. The number of carboxylic acids is 1. The van der Waals surface area contributed by atoms with Gasteiger partial charge in [0.25, 0.3) is 5.91 Å². The minimum Gasteiger partial charge on any atom is -0.480 e. The molecule has 1 heterocycles. The van der Waals surface area contributed by atoms with Crippen molar-refractivity contribution in [2.24, 2.45) is 0 Å². The molecule has 0 fully saturated rings. The van der Waals surface area contributed by atoms with Crippen LogP contribution in [0.4, 0.5) is 0 Å². The standard InChI is InChI=1S/C14H14BrNO4/c1-2-5-16(8-13(17)18)14(19)12-7-9-6-10(15)3-4-11(9)20-12/h3-4,6-7H,2,5,8H2,1H3,(H,17,18). The van der Waals surface area contributed by atoms with Gasteiger partial charge in [0.15, 0.2) is 5.76 Å². The molecule has 0 radical (unpaired) electrons. The van der Waals surface area contributed by atoms with Gasteiger partial charge in [-0.1, -0.05) is 22.9 Å². The van der Waals surface area contributed by atoms with Crippen LogP contribution in [-0.2, 0) is 4.79 Å². The lowest BCUT2D eigenvalue weighted by molar-refractivity contribution is -0.137. The first-order valence-electron chi connectivity index (χ1n) is 6.21. The Hall–Kier alpha value is -1.82. The minimum atomic E-state index is -1.04. The zero-order valence-electron chi connectivity index (χ0n) is 10.9. The van der Waals surface area contributed by atoms with Crippen molar-refractivity contribution in [1.82, 2.24) is 4.90 Å². The van der Waals surface area contributed by atoms with Gasteiger partial charge in [0.1, 0.15) is 12.1 Å². The van der Waals surface area contributed by atoms with Gasteiger partial charge in [0.2, 0.25) is 0 Å². The van der Waals surface area contributed by atoms with E-state index in [-0.39, 0.29) is 12.3 Å². The summed E-state index contributed by atoms with van der Waals surface area (Å²) in [7, 11) is 0. The molecular weight excluding hydrogens is 326 g/mol. The number of amides is 1. The molecule has 0 saturated carbocycles. The topological polar surface area (TPSA) is 70.8 Å². The quantitative estimate of drug-likeness (QED) is 0.908. The number of carbonyl (C=O) groups excluding carboxylic acids is 1. The van der Waals surface area contributed by atoms with Gasteiger partial charge in [-0.25, -0.2) is 0 Å². The molecule has 0 saturated heterocycles. The van der Waals surface area contributed by atoms with E-state index >= 15 is 0 Å². The van der Waals surface area contributed by atoms with Crippen molar-refractivity contribution >= 4 is 38.8 Å². The van der Waals surface area contributed by atoms with Crippen LogP contribution < -0.4 is 0 Å². The van der Waals surface area contributed by atoms with Crippen LogP contribution in [0.3, 0.4) is 0 Å². The molecule has 1 aromatic carbocycles. The maximum absolute atomic E-state index is 12.3. The van der Waals surface area contributed by atoms with Crippen molar-refractivity contribution in [2.75, 3.05) is 13.1 Å². The highest BCUT2D eigenvalue weighted by molar-refractivity contribution is 9.10. The smallest absolute Gasteiger partial charge is 0.323 e. The van der Waals surface area contributed by atoms with E-state index in [0.29, 0.717) is 18.5 Å². The third-order valence-electron chi connectivity index (χ3n) is 2.80. The molecule has 6 heteroatoms. The lowest BCUT2D eigenvalue weighted by Crippen LogP contribution is -2.36. The molecule has 20 heavy (non-hydrogen) atoms. The predicted molar refractivity (Wildman–Crippen MR) is 77.7 cm³/mol. The van der Waals surface area contributed by atoms with E-state index in [4.69, 9.17) is 9.52 Å². The van der Waals surface area contributed by atoms with Crippen LogP contribution >= 0.6 is 15.9 Å². The summed E-state index contributed by atoms with van der Waals surface area (Å²) in [6, 6.07) is 7.06. The zero-order chi connectivity index (χ0) is 14.7. The maximum atomic E-state index is 12.3. The monoisotopic (exact) mass is 339 g/mol. The van der Waals surface area contributed by atoms with E-state index in [9.17, 15) is 9.59 Å². The van der Waals surface area contributed by atoms with Crippen molar-refractivity contribution in [3.63, 3.8) is 0 Å². The molecule has 106 valence electrons. The van der Waals surface area contributed by atoms with Gasteiger partial charge in [-0.3, -0.25) is 9.59 Å². The number of carboxylic acid groups (broad SMARTS) is 1. The summed E-state index contributed by atoms with van der Waals surface area (Å²) in [6.07, 6.45) is 0.685. The Morgan fingerprint density at radius 3 is 2.75 bits per heavy atom. The van der Waals surface area contributed by atoms with Crippen LogP contribution in [0.5, 0.6) is 0 Å². The maximum Gasteiger partial charge on any atom is 0.323 e. The molecule has 0 spiro atoms. The lowest BCUT2D eigenvalue weighted by Gasteiger charge is -2.18. The van der Waals surface area contributed by atoms with Crippen LogP contribution in [-0.4, -0.2) is 35.0 Å². The third-order valence-corrected chi connectivity index (χ3v) is 3.29. The number of benzene rings is 1. The number of hydrogen-bond acceptors (Lipinski definition) is 3. The summed E-state index contributed by atoms with van der Waals surface area (Å²) >= 11 is 3.35. The molecule has 0 atom stereocenters. The molecule has 1 aromatic heterocycles. The largest absolute Gasteiger partial charge is 0.480 e. The highest BCUT2D eigenvalue weighted by Gasteiger charge is 2.21. The summed E-state index contributed by atoms with van der Waals surface area (Å²) in [5.74, 6) is -1.28. The Bertz CT molecular complexity index is 650. The summed E-state index contributed by atoms with van der Waals surface area (Å²) in [6.45, 7) is 1.94. The summed E-state index contributed by atoms with van der Waals surface area (Å²) in [5, 5.41) is 9.65. The number of hydrogen-bond donors (Lipinski definition) is 1. The minimum absolute atomic E-state index is 0.160. The molecule has 1 N–H and O–H groups in total. The van der Waals surface area contributed by atoms with E-state index in [1.54, 1.807) is 12.1 Å². The number of rotatable bonds is 5. The Kier molecular flexibility index (Phi) is 4.44. The Morgan fingerprint density at radius 2 is 2.10 bits per heavy atom. The van der Waals surface area contributed by atoms with Crippen LogP contribution in [0.2, 0.25) is 0 Å². The zero-order valence-corrected chi connectivity index (χ0v) is 12.5. The normalized spacial score (nSPS) is 10.7. The molecule has 0 aliphatic rings. The van der Waals surface area contributed by atoms with E-state index in [0.717, 1.165) is 9.86 Å². The van der Waals surface area contributed by atoms with Crippen LogP contribution in [0, 0.1) is 0 Å². The third kappa shape index (κ3) is 3.19. The molecule has 0 aliphatic carbocycles. The highest BCUT2D eigenvalue weighted by atomic mass is 79.9. The second-order valence-corrected chi connectivity index (χ2v) is 5.33. The SMILES string of the molecule is CCCN(CC(=O)O)C(=O)c1cc2cc(Br)ccc2o1. The number of furan rings is 1. The van der Waals surface area contributed by atoms with E-state index in [1.165, 1.54) is 4.90 Å². The first-order chi connectivity index (χ1) is 9.51. The second-order valence-electron chi connectivity index (χ2n) is 4.41. The average Bonchev–Trinajstić information content (AvgIpc) is 2.79. The van der Waals surface area contributed by atoms with Gasteiger partial charge in [-0.2, -0.15) is 0 Å². The first-order valence-corrected chi connectivity index (χ1v) is 7.00. The molecule has 0 unspecified atom stereocenters. The van der Waals surface area contributed by atoms with Gasteiger partial charge in [-0.05, 0) is 30.7 Å². The van der Waals surface area contributed by atoms with Crippen molar-refractivity contribution < 1.29 is 19.1 Å². The molecule has 5 nitrogen and oxygen atoms in total. The molecule has 2 aromatic rings. The van der Waals surface area contributed by atoms with Crippen LogP contribution in [0.1, 0.15) is 23.9 Å². The average molecular weight is 340 g/mol. The van der Waals surface area contributed by atoms with E-state index < -0.39 is 11.9 Å². The van der Waals surface area contributed by atoms with Crippen LogP contribution in [0.25, 0.3) is 11.0 Å². The molecule has 0 bridgehead atoms. The fraction of sp³-hybridized carbons (Fsp3) is 0.286. The van der Waals surface area contributed by atoms with Gasteiger partial charge in [-0.15, -0.1) is 0 Å². The predicted octanol–water partition coefficient (Wildman–Crippen LogP) is 3.13. The second kappa shape index (κ2) is 6.09. The van der Waals surface area contributed by atoms with Gasteiger partial charge in [0, 0.05) is 16.4 Å². The Labute approximate surface area is 124 Å². The summed E-state index contributed by atoms with van der Waals surface area (Å²) < 4.78 is 6.38. The Morgan fingerprint density at radius 1 is 1.35 bits per heavy atom. The van der Waals surface area contributed by atoms with Crippen molar-refractivity contribution in [3.05, 3.63) is 34.5 Å². The van der Waals surface area contributed by atoms with E-state index in [1.807, 2.05) is 19.1 Å². The number of carbonyl (C=O) groups is 2. The number of fused-ring (bicyclic) bond motifs is 1. The summed E-state index contributed by atoms with van der Waals surface area (Å²) in [5.41, 5.74) is 0.600. The van der Waals surface area contributed by atoms with Gasteiger partial charge < -0.3 is 14.4 Å². The number of aliphatic carboxylic acids is 1. The lowest BCUT2D eigenvalue weighted by atomic mass is 10.2. The van der Waals surface area contributed by atoms with E-state index in [2.05, 4.69) is 15.9 Å². The van der Waals surface area contributed by atoms with Gasteiger partial charge in [0.05, 0.1) is 0 Å². The van der Waals surface area contributed by atoms with Crippen molar-refractivity contribution in [2.45, 2.75) is 13.3 Å². The van der Waals surface area contributed by atoms with Crippen molar-refractivity contribution in [3.8, 4) is 0 Å². The fourth-order valence-electron chi connectivity index (χ4n) is 1.96. The van der Waals surface area contributed by atoms with Crippen molar-refractivity contribution in [1.29, 1.82) is 0 Å². The fourth-order valence-corrected chi connectivity index (χ4v) is 2.34. The molecule has 1 amide bonds. The first kappa shape index (κ1) is 14.6. The Balaban J connectivity index is 2.30. The number of halogens is 1. The molecule has 2 rings (SSSR count). The molecular formula is C14H14BrNO4. The highest BCUT2D eigenvalue weighted by Crippen LogP contribution is 2.24.